The second-order valence-corrected chi connectivity index (χ2v) is 12.8. The summed E-state index contributed by atoms with van der Waals surface area (Å²) < 4.78 is 8.44. The van der Waals surface area contributed by atoms with Gasteiger partial charge in [0.15, 0.2) is 0 Å². The Labute approximate surface area is 209 Å². The topological polar surface area (TPSA) is 71.4 Å². The lowest BCUT2D eigenvalue weighted by Gasteiger charge is -2.54. The molecule has 2 atom stereocenters. The van der Waals surface area contributed by atoms with E-state index in [2.05, 4.69) is 15.5 Å². The number of likely N-dealkylation sites (tertiary alicyclic amines) is 1. The summed E-state index contributed by atoms with van der Waals surface area (Å²) in [5.41, 5.74) is 0.652. The average Bonchev–Trinajstić information content (AvgIpc) is 3.59. The van der Waals surface area contributed by atoms with Crippen molar-refractivity contribution in [2.24, 2.45) is 29.6 Å². The van der Waals surface area contributed by atoms with E-state index in [0.29, 0.717) is 53.9 Å². The fourth-order valence-corrected chi connectivity index (χ4v) is 8.93. The van der Waals surface area contributed by atoms with Gasteiger partial charge in [-0.15, -0.1) is 0 Å². The van der Waals surface area contributed by atoms with Crippen LogP contribution in [0.2, 0.25) is 0 Å². The molecular weight excluding hydrogens is 438 g/mol. The summed E-state index contributed by atoms with van der Waals surface area (Å²) in [6, 6.07) is 1.65. The van der Waals surface area contributed by atoms with Crippen LogP contribution in [0.3, 0.4) is 0 Å². The van der Waals surface area contributed by atoms with Crippen LogP contribution in [0.25, 0.3) is 0 Å². The van der Waals surface area contributed by atoms with Crippen molar-refractivity contribution >= 4 is 5.91 Å². The lowest BCUT2D eigenvalue weighted by molar-refractivity contribution is -0.0120. The highest BCUT2D eigenvalue weighted by atomic mass is 16.5. The van der Waals surface area contributed by atoms with Crippen molar-refractivity contribution in [3.05, 3.63) is 11.8 Å². The summed E-state index contributed by atoms with van der Waals surface area (Å²) in [7, 11) is 0. The molecule has 2 saturated heterocycles. The van der Waals surface area contributed by atoms with Crippen LogP contribution < -0.4 is 15.4 Å². The third-order valence-electron chi connectivity index (χ3n) is 10.5. The van der Waals surface area contributed by atoms with Gasteiger partial charge in [-0.1, -0.05) is 19.3 Å². The summed E-state index contributed by atoms with van der Waals surface area (Å²) in [5, 5.41) is 11.8. The first-order valence-electron chi connectivity index (χ1n) is 14.7. The molecule has 0 aromatic carbocycles. The second kappa shape index (κ2) is 9.37. The quantitative estimate of drug-likeness (QED) is 0.595. The van der Waals surface area contributed by atoms with Gasteiger partial charge in [-0.25, -0.2) is 4.68 Å². The fraction of sp³-hybridized carbons (Fsp3) is 0.857. The minimum absolute atomic E-state index is 0.0387. The number of carbonyl (C=O) groups is 1. The standard InChI is InChI=1S/C28H43N5O2/c34-27(31-26-21-9-19-8-20(11-21)12-22(26)10-19)25-15-30-33(7-6-32-16-23-13-24(32)14-29-23)28(25)35-17-18-4-2-1-3-5-18/h15,18-24,26,29H,1-14,16-17H2,(H,31,34)/t19?,20?,21?,22?,23-,24-,26?/m1/s1. The van der Waals surface area contributed by atoms with Gasteiger partial charge in [0.25, 0.3) is 5.91 Å². The van der Waals surface area contributed by atoms with Crippen molar-refractivity contribution in [3.8, 4) is 5.88 Å². The van der Waals surface area contributed by atoms with Crippen molar-refractivity contribution in [1.29, 1.82) is 0 Å². The smallest absolute Gasteiger partial charge is 0.258 e. The molecule has 0 spiro atoms. The molecule has 192 valence electrons. The number of piperazine rings is 1. The maximum atomic E-state index is 13.6. The van der Waals surface area contributed by atoms with Crippen molar-refractivity contribution in [2.45, 2.75) is 95.3 Å². The lowest BCUT2D eigenvalue weighted by atomic mass is 9.54. The van der Waals surface area contributed by atoms with Crippen LogP contribution in [0.4, 0.5) is 0 Å². The van der Waals surface area contributed by atoms with Gasteiger partial charge in [-0.05, 0) is 81.0 Å². The Kier molecular flexibility index (Phi) is 6.04. The van der Waals surface area contributed by atoms with Crippen LogP contribution in [0, 0.1) is 29.6 Å². The van der Waals surface area contributed by atoms with E-state index in [1.54, 1.807) is 6.20 Å². The number of nitrogens with zero attached hydrogens (tertiary/aromatic N) is 3. The third-order valence-corrected chi connectivity index (χ3v) is 10.5. The highest BCUT2D eigenvalue weighted by Crippen LogP contribution is 2.53. The Morgan fingerprint density at radius 1 is 1.03 bits per heavy atom. The predicted octanol–water partition coefficient (Wildman–Crippen LogP) is 3.44. The third kappa shape index (κ3) is 4.41. The number of fused-ring (bicyclic) bond motifs is 2. The molecule has 7 fully saturated rings. The second-order valence-electron chi connectivity index (χ2n) is 12.8. The van der Waals surface area contributed by atoms with Gasteiger partial charge in [0, 0.05) is 37.8 Å². The van der Waals surface area contributed by atoms with Gasteiger partial charge in [-0.2, -0.15) is 5.10 Å². The molecule has 0 radical (unpaired) electrons. The van der Waals surface area contributed by atoms with Crippen molar-refractivity contribution in [3.63, 3.8) is 0 Å². The van der Waals surface area contributed by atoms with Gasteiger partial charge < -0.3 is 15.4 Å². The van der Waals surface area contributed by atoms with Gasteiger partial charge in [0.2, 0.25) is 5.88 Å². The van der Waals surface area contributed by atoms with E-state index in [0.717, 1.165) is 38.0 Å². The Bertz CT molecular complexity index is 896. The molecule has 8 rings (SSSR count). The van der Waals surface area contributed by atoms with Crippen molar-refractivity contribution in [1.82, 2.24) is 25.3 Å². The first kappa shape index (κ1) is 22.6. The van der Waals surface area contributed by atoms with Gasteiger partial charge >= 0.3 is 0 Å². The zero-order valence-corrected chi connectivity index (χ0v) is 21.2. The number of carbonyl (C=O) groups excluding carboxylic acids is 1. The van der Waals surface area contributed by atoms with Crippen molar-refractivity contribution in [2.75, 3.05) is 26.2 Å². The SMILES string of the molecule is O=C(NC1C2CC3CC(C2)CC1C3)c1cnn(CCN2C[C@H]3C[C@@H]2CN3)c1OCC1CCCCC1. The predicted molar refractivity (Wildman–Crippen MR) is 134 cm³/mol. The highest BCUT2D eigenvalue weighted by Gasteiger charge is 2.49. The number of amides is 1. The average molecular weight is 482 g/mol. The molecule has 1 aromatic rings. The largest absolute Gasteiger partial charge is 0.477 e. The number of nitrogens with one attached hydrogen (secondary N) is 2. The molecule has 1 aromatic heterocycles. The van der Waals surface area contributed by atoms with Crippen molar-refractivity contribution < 1.29 is 9.53 Å². The number of hydrogen-bond donors (Lipinski definition) is 2. The molecule has 7 nitrogen and oxygen atoms in total. The van der Waals surface area contributed by atoms with Gasteiger partial charge in [0.05, 0.1) is 19.3 Å². The van der Waals surface area contributed by atoms with Crippen LogP contribution in [0.15, 0.2) is 6.20 Å². The summed E-state index contributed by atoms with van der Waals surface area (Å²) in [4.78, 5) is 16.2. The van der Waals surface area contributed by atoms with Gasteiger partial charge in [0.1, 0.15) is 5.56 Å². The molecule has 35 heavy (non-hydrogen) atoms. The highest BCUT2D eigenvalue weighted by molar-refractivity contribution is 5.96. The summed E-state index contributed by atoms with van der Waals surface area (Å²) in [6.45, 7) is 4.70. The first-order valence-corrected chi connectivity index (χ1v) is 14.7. The molecular formula is C28H43N5O2. The normalized spacial score (nSPS) is 38.3. The molecule has 2 N–H and O–H groups in total. The zero-order chi connectivity index (χ0) is 23.4. The molecule has 3 heterocycles. The molecule has 7 aliphatic rings. The van der Waals surface area contributed by atoms with E-state index < -0.39 is 0 Å². The number of rotatable bonds is 8. The molecule has 2 aliphatic heterocycles. The Hall–Kier alpha value is -1.60. The van der Waals surface area contributed by atoms with E-state index >= 15 is 0 Å². The van der Waals surface area contributed by atoms with E-state index in [1.807, 2.05) is 4.68 Å². The van der Waals surface area contributed by atoms with E-state index in [1.165, 1.54) is 70.6 Å². The van der Waals surface area contributed by atoms with Crippen LogP contribution in [-0.4, -0.2) is 65.0 Å². The summed E-state index contributed by atoms with van der Waals surface area (Å²) >= 11 is 0. The van der Waals surface area contributed by atoms with Crippen LogP contribution >= 0.6 is 0 Å². The number of hydrogen-bond acceptors (Lipinski definition) is 5. The molecule has 6 bridgehead atoms. The molecule has 0 unspecified atom stereocenters. The number of ether oxygens (including phenoxy) is 1. The summed E-state index contributed by atoms with van der Waals surface area (Å²) in [5.74, 6) is 4.54. The molecule has 7 heteroatoms. The maximum Gasteiger partial charge on any atom is 0.258 e. The Morgan fingerprint density at radius 3 is 2.49 bits per heavy atom. The first-order chi connectivity index (χ1) is 17.2. The lowest BCUT2D eigenvalue weighted by Crippen LogP contribution is -2.55. The molecule has 1 amide bonds. The van der Waals surface area contributed by atoms with Crippen LogP contribution in [0.1, 0.15) is 81.0 Å². The Balaban J connectivity index is 1.06. The van der Waals surface area contributed by atoms with Crippen LogP contribution in [-0.2, 0) is 6.54 Å². The van der Waals surface area contributed by atoms with E-state index in [-0.39, 0.29) is 5.91 Å². The van der Waals surface area contributed by atoms with Gasteiger partial charge in [-0.3, -0.25) is 9.69 Å². The molecule has 5 saturated carbocycles. The minimum atomic E-state index is 0.0387. The zero-order valence-electron chi connectivity index (χ0n) is 21.2. The fourth-order valence-electron chi connectivity index (χ4n) is 8.93. The molecule has 5 aliphatic carbocycles. The van der Waals surface area contributed by atoms with E-state index in [9.17, 15) is 4.79 Å². The summed E-state index contributed by atoms with van der Waals surface area (Å²) in [6.07, 6.45) is 16.2. The van der Waals surface area contributed by atoms with E-state index in [4.69, 9.17) is 9.84 Å². The maximum absolute atomic E-state index is 13.6. The monoisotopic (exact) mass is 481 g/mol. The number of aromatic nitrogens is 2. The Morgan fingerprint density at radius 2 is 1.80 bits per heavy atom. The van der Waals surface area contributed by atoms with Crippen LogP contribution in [0.5, 0.6) is 5.88 Å². The minimum Gasteiger partial charge on any atom is -0.477 e.